The summed E-state index contributed by atoms with van der Waals surface area (Å²) in [6, 6.07) is 2.20. The molecule has 1 aromatic heterocycles. The second-order valence-corrected chi connectivity index (χ2v) is 6.16. The van der Waals surface area contributed by atoms with Crippen molar-refractivity contribution >= 4 is 16.6 Å². The molecule has 0 aromatic carbocycles. The van der Waals surface area contributed by atoms with Crippen LogP contribution in [0.3, 0.4) is 0 Å². The van der Waals surface area contributed by atoms with Crippen LogP contribution in [0.15, 0.2) is 0 Å². The van der Waals surface area contributed by atoms with E-state index in [1.165, 1.54) is 0 Å². The van der Waals surface area contributed by atoms with E-state index >= 15 is 0 Å². The first-order chi connectivity index (χ1) is 9.04. The van der Waals surface area contributed by atoms with Crippen LogP contribution in [0.25, 0.3) is 0 Å². The summed E-state index contributed by atoms with van der Waals surface area (Å²) >= 11 is 0. The summed E-state index contributed by atoms with van der Waals surface area (Å²) in [4.78, 5) is 0. The Hall–Kier alpha value is -1.48. The third-order valence-corrected chi connectivity index (χ3v) is 4.38. The number of hydrogen-bond acceptors (Lipinski definition) is 5. The van der Waals surface area contributed by atoms with Gasteiger partial charge in [0.05, 0.1) is 5.69 Å². The van der Waals surface area contributed by atoms with Gasteiger partial charge in [-0.15, -0.1) is 5.10 Å². The van der Waals surface area contributed by atoms with E-state index in [0.717, 1.165) is 24.1 Å². The van der Waals surface area contributed by atoms with Crippen molar-refractivity contribution < 1.29 is 4.21 Å². The number of nitrogens with one attached hydrogen (secondary N) is 1. The normalized spacial score (nSPS) is 13.6. The highest BCUT2D eigenvalue weighted by Crippen LogP contribution is 2.19. The second kappa shape index (κ2) is 7.19. The second-order valence-electron chi connectivity index (χ2n) is 4.36. The Kier molecular flexibility index (Phi) is 5.90. The molecule has 0 fully saturated rings. The molecule has 2 unspecified atom stereocenters. The van der Waals surface area contributed by atoms with Crippen LogP contribution in [0.5, 0.6) is 0 Å². The van der Waals surface area contributed by atoms with Crippen molar-refractivity contribution in [2.45, 2.75) is 38.9 Å². The molecule has 2 atom stereocenters. The van der Waals surface area contributed by atoms with Crippen molar-refractivity contribution in [1.82, 2.24) is 10.2 Å². The van der Waals surface area contributed by atoms with Gasteiger partial charge in [-0.3, -0.25) is 4.21 Å². The number of hydrogen-bond donors (Lipinski definition) is 1. The minimum atomic E-state index is -0.899. The predicted molar refractivity (Wildman–Crippen MR) is 77.5 cm³/mol. The lowest BCUT2D eigenvalue weighted by Gasteiger charge is -2.14. The smallest absolute Gasteiger partial charge is 0.166 e. The summed E-state index contributed by atoms with van der Waals surface area (Å²) in [5.41, 5.74) is 2.38. The fourth-order valence-electron chi connectivity index (χ4n) is 1.77. The minimum absolute atomic E-state index is 0.00395. The van der Waals surface area contributed by atoms with E-state index in [-0.39, 0.29) is 5.25 Å². The predicted octanol–water partition coefficient (Wildman–Crippen LogP) is 1.65. The summed E-state index contributed by atoms with van der Waals surface area (Å²) < 4.78 is 11.3. The Balaban J connectivity index is 3.02. The van der Waals surface area contributed by atoms with Crippen LogP contribution in [0.2, 0.25) is 0 Å². The first kappa shape index (κ1) is 15.6. The molecule has 0 radical (unpaired) electrons. The molecule has 0 aliphatic heterocycles. The zero-order valence-corrected chi connectivity index (χ0v) is 12.7. The van der Waals surface area contributed by atoms with Crippen molar-refractivity contribution in [2.24, 2.45) is 0 Å². The number of aryl methyl sites for hydroxylation is 1. The van der Waals surface area contributed by atoms with Crippen LogP contribution in [0.4, 0.5) is 5.82 Å². The fourth-order valence-corrected chi connectivity index (χ4v) is 2.09. The van der Waals surface area contributed by atoms with Gasteiger partial charge in [-0.25, -0.2) is 0 Å². The Morgan fingerprint density at radius 2 is 2.05 bits per heavy atom. The van der Waals surface area contributed by atoms with Crippen LogP contribution in [-0.2, 0) is 23.6 Å². The lowest BCUT2D eigenvalue weighted by molar-refractivity contribution is 0.678. The number of anilines is 1. The van der Waals surface area contributed by atoms with Crippen LogP contribution < -0.4 is 5.32 Å². The fraction of sp³-hybridized carbons (Fsp3) is 0.615. The maximum absolute atomic E-state index is 11.3. The quantitative estimate of drug-likeness (QED) is 0.857. The van der Waals surface area contributed by atoms with Crippen LogP contribution in [0, 0.1) is 11.3 Å². The summed E-state index contributed by atoms with van der Waals surface area (Å²) in [5, 5.41) is 20.6. The van der Waals surface area contributed by atoms with Crippen LogP contribution >= 0.6 is 0 Å². The topological polar surface area (TPSA) is 78.7 Å². The maximum Gasteiger partial charge on any atom is 0.166 e. The van der Waals surface area contributed by atoms with E-state index in [0.29, 0.717) is 17.9 Å². The van der Waals surface area contributed by atoms with E-state index in [9.17, 15) is 9.47 Å². The molecular weight excluding hydrogens is 260 g/mol. The molecule has 0 saturated carbocycles. The van der Waals surface area contributed by atoms with Gasteiger partial charge in [0, 0.05) is 28.9 Å². The van der Waals surface area contributed by atoms with Gasteiger partial charge in [-0.05, 0) is 25.3 Å². The first-order valence-corrected chi connectivity index (χ1v) is 8.01. The van der Waals surface area contributed by atoms with Gasteiger partial charge in [-0.1, -0.05) is 13.8 Å². The van der Waals surface area contributed by atoms with Crippen molar-refractivity contribution in [3.8, 4) is 6.07 Å². The van der Waals surface area contributed by atoms with E-state index in [1.54, 1.807) is 6.26 Å². The molecule has 1 N–H and O–H groups in total. The monoisotopic (exact) mass is 280 g/mol. The zero-order valence-electron chi connectivity index (χ0n) is 11.9. The Morgan fingerprint density at radius 1 is 1.37 bits per heavy atom. The van der Waals surface area contributed by atoms with E-state index < -0.39 is 10.8 Å². The van der Waals surface area contributed by atoms with Gasteiger partial charge in [0.1, 0.15) is 11.6 Å². The number of rotatable bonds is 6. The Bertz CT molecular complexity index is 510. The summed E-state index contributed by atoms with van der Waals surface area (Å²) in [6.45, 7) is 6.41. The minimum Gasteiger partial charge on any atom is -0.366 e. The van der Waals surface area contributed by atoms with E-state index in [1.807, 2.05) is 20.8 Å². The maximum atomic E-state index is 11.3. The molecule has 104 valence electrons. The Morgan fingerprint density at radius 3 is 2.53 bits per heavy atom. The van der Waals surface area contributed by atoms with E-state index in [2.05, 4.69) is 21.6 Å². The van der Waals surface area contributed by atoms with Crippen molar-refractivity contribution in [1.29, 1.82) is 5.26 Å². The molecule has 0 aliphatic rings. The van der Waals surface area contributed by atoms with Gasteiger partial charge in [0.2, 0.25) is 0 Å². The average Bonchev–Trinajstić information content (AvgIpc) is 2.42. The van der Waals surface area contributed by atoms with E-state index in [4.69, 9.17) is 0 Å². The van der Waals surface area contributed by atoms with Gasteiger partial charge in [0.25, 0.3) is 0 Å². The summed E-state index contributed by atoms with van der Waals surface area (Å²) in [7, 11) is -0.899. The lowest BCUT2D eigenvalue weighted by Crippen LogP contribution is -2.22. The van der Waals surface area contributed by atoms with Crippen LogP contribution in [-0.4, -0.2) is 32.5 Å². The van der Waals surface area contributed by atoms with Crippen molar-refractivity contribution in [3.05, 3.63) is 16.8 Å². The molecule has 0 spiro atoms. The molecule has 1 heterocycles. The number of nitriles is 1. The summed E-state index contributed by atoms with van der Waals surface area (Å²) in [6.07, 6.45) is 3.19. The number of nitrogens with zero attached hydrogens (tertiary/aromatic N) is 3. The molecule has 0 aliphatic carbocycles. The van der Waals surface area contributed by atoms with Crippen molar-refractivity contribution in [2.75, 3.05) is 18.1 Å². The molecule has 1 rings (SSSR count). The largest absolute Gasteiger partial charge is 0.366 e. The number of aromatic nitrogens is 2. The third-order valence-electron chi connectivity index (χ3n) is 3.08. The lowest BCUT2D eigenvalue weighted by atomic mass is 10.0. The third kappa shape index (κ3) is 3.74. The Labute approximate surface area is 116 Å². The molecule has 19 heavy (non-hydrogen) atoms. The van der Waals surface area contributed by atoms with Crippen LogP contribution in [0.1, 0.15) is 37.6 Å². The first-order valence-electron chi connectivity index (χ1n) is 6.39. The highest BCUT2D eigenvalue weighted by atomic mass is 32.2. The highest BCUT2D eigenvalue weighted by molar-refractivity contribution is 7.84. The zero-order chi connectivity index (χ0) is 14.4. The summed E-state index contributed by atoms with van der Waals surface area (Å²) in [5.74, 6) is 0.494. The van der Waals surface area contributed by atoms with Gasteiger partial charge in [0.15, 0.2) is 5.82 Å². The average molecular weight is 280 g/mol. The molecule has 0 bridgehead atoms. The van der Waals surface area contributed by atoms with Gasteiger partial charge >= 0.3 is 0 Å². The molecular formula is C13H20N4OS. The molecule has 0 amide bonds. The van der Waals surface area contributed by atoms with Gasteiger partial charge < -0.3 is 5.32 Å². The standard InChI is InChI=1S/C13H20N4OS/c1-5-10-11(7-14)13(17-16-12(10)6-2)15-8-9(3)19(4)18/h9H,5-6,8H2,1-4H3,(H,15,17). The molecule has 0 saturated heterocycles. The molecule has 1 aromatic rings. The highest BCUT2D eigenvalue weighted by Gasteiger charge is 2.15. The SMILES string of the molecule is CCc1nnc(NCC(C)S(C)=O)c(C#N)c1CC. The molecule has 6 heteroatoms. The van der Waals surface area contributed by atoms with Gasteiger partial charge in [-0.2, -0.15) is 10.4 Å². The molecule has 5 nitrogen and oxygen atoms in total. The van der Waals surface area contributed by atoms with Crippen molar-refractivity contribution in [3.63, 3.8) is 0 Å².